The highest BCUT2D eigenvalue weighted by Crippen LogP contribution is 2.48. The second kappa shape index (κ2) is 5.87. The van der Waals surface area contributed by atoms with Gasteiger partial charge in [0.05, 0.1) is 11.0 Å². The molecule has 1 spiro atoms. The first kappa shape index (κ1) is 16.1. The molecule has 0 N–H and O–H groups in total. The average molecular weight is 407 g/mol. The molecule has 0 bridgehead atoms. The van der Waals surface area contributed by atoms with Crippen molar-refractivity contribution in [1.82, 2.24) is 4.90 Å². The molecule has 0 unspecified atom stereocenters. The topological polar surface area (TPSA) is 29.5 Å². The van der Waals surface area contributed by atoms with Crippen molar-refractivity contribution in [2.24, 2.45) is 0 Å². The fraction of sp³-hybridized carbons (Fsp3) is 0.316. The fourth-order valence-electron chi connectivity index (χ4n) is 3.74. The van der Waals surface area contributed by atoms with Gasteiger partial charge in [-0.1, -0.05) is 33.6 Å². The number of halogens is 2. The summed E-state index contributed by atoms with van der Waals surface area (Å²) >= 11 is 9.66. The van der Waals surface area contributed by atoms with E-state index in [0.717, 1.165) is 36.0 Å². The second-order valence-corrected chi connectivity index (χ2v) is 7.95. The van der Waals surface area contributed by atoms with E-state index in [1.54, 1.807) is 0 Å². The lowest BCUT2D eigenvalue weighted by atomic mass is 9.68. The Bertz CT molecular complexity index is 828. The van der Waals surface area contributed by atoms with E-state index < -0.39 is 5.41 Å². The number of benzene rings is 2. The molecule has 3 nitrogen and oxygen atoms in total. The molecule has 2 aromatic rings. The summed E-state index contributed by atoms with van der Waals surface area (Å²) < 4.78 is 7.00. The molecule has 0 amide bonds. The van der Waals surface area contributed by atoms with Crippen LogP contribution in [-0.2, 0) is 5.41 Å². The lowest BCUT2D eigenvalue weighted by Gasteiger charge is -2.39. The average Bonchev–Trinajstić information content (AvgIpc) is 2.65. The molecule has 2 aromatic carbocycles. The smallest absolute Gasteiger partial charge is 0.177 e. The molecule has 124 valence electrons. The van der Waals surface area contributed by atoms with Crippen LogP contribution in [0.4, 0.5) is 0 Å². The third-order valence-electron chi connectivity index (χ3n) is 5.14. The number of Topliss-reactive ketones (excluding diaryl/α,β-unsaturated/α-hetero) is 1. The van der Waals surface area contributed by atoms with Gasteiger partial charge in [-0.05, 0) is 63.3 Å². The number of nitrogens with zero attached hydrogens (tertiary/aromatic N) is 1. The standard InChI is InChI=1S/C19H17BrClNO2/c1-22-8-6-19(7-9-22)15-4-3-13(21)11-17(15)24-16-5-2-12(20)10-14(16)18(19)23/h2-5,10-11H,6-9H2,1H3. The Kier molecular flexibility index (Phi) is 3.94. The van der Waals surface area contributed by atoms with Crippen molar-refractivity contribution in [3.05, 3.63) is 57.0 Å². The van der Waals surface area contributed by atoms with Gasteiger partial charge in [-0.3, -0.25) is 4.79 Å². The molecule has 0 radical (unpaired) electrons. The molecule has 2 aliphatic heterocycles. The summed E-state index contributed by atoms with van der Waals surface area (Å²) in [6.07, 6.45) is 1.57. The molecule has 0 atom stereocenters. The monoisotopic (exact) mass is 405 g/mol. The first-order valence-electron chi connectivity index (χ1n) is 8.00. The van der Waals surface area contributed by atoms with Crippen LogP contribution in [0.5, 0.6) is 11.5 Å². The van der Waals surface area contributed by atoms with Gasteiger partial charge in [0.15, 0.2) is 5.78 Å². The van der Waals surface area contributed by atoms with Crippen molar-refractivity contribution in [2.45, 2.75) is 18.3 Å². The Morgan fingerprint density at radius 2 is 1.88 bits per heavy atom. The van der Waals surface area contributed by atoms with Crippen LogP contribution in [0.3, 0.4) is 0 Å². The van der Waals surface area contributed by atoms with E-state index >= 15 is 0 Å². The summed E-state index contributed by atoms with van der Waals surface area (Å²) in [7, 11) is 2.10. The number of carbonyl (C=O) groups is 1. The van der Waals surface area contributed by atoms with E-state index in [4.69, 9.17) is 16.3 Å². The van der Waals surface area contributed by atoms with Crippen LogP contribution in [0, 0.1) is 0 Å². The molecule has 4 rings (SSSR count). The zero-order valence-electron chi connectivity index (χ0n) is 13.3. The molecule has 2 aliphatic rings. The van der Waals surface area contributed by atoms with Crippen LogP contribution >= 0.6 is 27.5 Å². The molecule has 24 heavy (non-hydrogen) atoms. The number of hydrogen-bond acceptors (Lipinski definition) is 3. The lowest BCUT2D eigenvalue weighted by molar-refractivity contribution is 0.0796. The van der Waals surface area contributed by atoms with Gasteiger partial charge in [-0.2, -0.15) is 0 Å². The number of piperidine rings is 1. The number of rotatable bonds is 0. The zero-order chi connectivity index (χ0) is 16.9. The van der Waals surface area contributed by atoms with Crippen LogP contribution in [0.25, 0.3) is 0 Å². The molecule has 0 saturated carbocycles. The molecule has 0 aromatic heterocycles. The lowest BCUT2D eigenvalue weighted by Crippen LogP contribution is -2.45. The molecule has 5 heteroatoms. The Hall–Kier alpha value is -1.36. The van der Waals surface area contributed by atoms with E-state index in [1.807, 2.05) is 36.4 Å². The summed E-state index contributed by atoms with van der Waals surface area (Å²) in [5, 5.41) is 0.616. The van der Waals surface area contributed by atoms with Crippen LogP contribution in [0.1, 0.15) is 28.8 Å². The maximum atomic E-state index is 13.6. The van der Waals surface area contributed by atoms with Crippen LogP contribution in [0.15, 0.2) is 40.9 Å². The van der Waals surface area contributed by atoms with Gasteiger partial charge >= 0.3 is 0 Å². The van der Waals surface area contributed by atoms with Crippen molar-refractivity contribution in [1.29, 1.82) is 0 Å². The minimum Gasteiger partial charge on any atom is -0.456 e. The maximum Gasteiger partial charge on any atom is 0.177 e. The van der Waals surface area contributed by atoms with Crippen molar-refractivity contribution in [3.8, 4) is 11.5 Å². The van der Waals surface area contributed by atoms with Crippen LogP contribution in [-0.4, -0.2) is 30.8 Å². The van der Waals surface area contributed by atoms with Gasteiger partial charge in [-0.15, -0.1) is 0 Å². The van der Waals surface area contributed by atoms with E-state index in [1.165, 1.54) is 0 Å². The fourth-order valence-corrected chi connectivity index (χ4v) is 4.26. The van der Waals surface area contributed by atoms with Crippen molar-refractivity contribution in [3.63, 3.8) is 0 Å². The summed E-state index contributed by atoms with van der Waals surface area (Å²) in [6.45, 7) is 1.77. The number of ketones is 1. The van der Waals surface area contributed by atoms with Crippen LogP contribution in [0.2, 0.25) is 5.02 Å². The highest BCUT2D eigenvalue weighted by atomic mass is 79.9. The second-order valence-electron chi connectivity index (χ2n) is 6.60. The van der Waals surface area contributed by atoms with Crippen LogP contribution < -0.4 is 4.74 Å². The first-order valence-corrected chi connectivity index (χ1v) is 9.17. The largest absolute Gasteiger partial charge is 0.456 e. The summed E-state index contributed by atoms with van der Waals surface area (Å²) in [5.74, 6) is 1.44. The van der Waals surface area contributed by atoms with Gasteiger partial charge in [0.25, 0.3) is 0 Å². The SMILES string of the molecule is CN1CCC2(CC1)C(=O)c1cc(Br)ccc1Oc1cc(Cl)ccc12. The summed E-state index contributed by atoms with van der Waals surface area (Å²) in [5.41, 5.74) is 1.05. The molecule has 0 aliphatic carbocycles. The van der Waals surface area contributed by atoms with E-state index in [2.05, 4.69) is 27.9 Å². The number of carbonyl (C=O) groups excluding carboxylic acids is 1. The van der Waals surface area contributed by atoms with E-state index in [9.17, 15) is 4.79 Å². The predicted molar refractivity (Wildman–Crippen MR) is 98.4 cm³/mol. The molecule has 1 fully saturated rings. The molecular weight excluding hydrogens is 390 g/mol. The minimum absolute atomic E-state index is 0.146. The van der Waals surface area contributed by atoms with E-state index in [0.29, 0.717) is 22.1 Å². The highest BCUT2D eigenvalue weighted by Gasteiger charge is 2.47. The Balaban J connectivity index is 1.96. The molecule has 2 heterocycles. The summed E-state index contributed by atoms with van der Waals surface area (Å²) in [4.78, 5) is 15.8. The van der Waals surface area contributed by atoms with Crippen molar-refractivity contribution >= 4 is 33.3 Å². The normalized spacial score (nSPS) is 19.4. The Labute approximate surface area is 154 Å². The van der Waals surface area contributed by atoms with Crippen molar-refractivity contribution in [2.75, 3.05) is 20.1 Å². The first-order chi connectivity index (χ1) is 11.5. The third-order valence-corrected chi connectivity index (χ3v) is 5.87. The van der Waals surface area contributed by atoms with E-state index in [-0.39, 0.29) is 5.78 Å². The van der Waals surface area contributed by atoms with Gasteiger partial charge in [0.1, 0.15) is 11.5 Å². The highest BCUT2D eigenvalue weighted by molar-refractivity contribution is 9.10. The number of hydrogen-bond donors (Lipinski definition) is 0. The minimum atomic E-state index is -0.543. The van der Waals surface area contributed by atoms with Crippen molar-refractivity contribution < 1.29 is 9.53 Å². The molecule has 1 saturated heterocycles. The van der Waals surface area contributed by atoms with Gasteiger partial charge in [-0.25, -0.2) is 0 Å². The number of fused-ring (bicyclic) bond motifs is 3. The third kappa shape index (κ3) is 2.48. The quantitative estimate of drug-likeness (QED) is 0.613. The number of ether oxygens (including phenoxy) is 1. The van der Waals surface area contributed by atoms with Gasteiger partial charge < -0.3 is 9.64 Å². The maximum absolute atomic E-state index is 13.6. The van der Waals surface area contributed by atoms with Gasteiger partial charge in [0, 0.05) is 15.1 Å². The Morgan fingerprint density at radius 3 is 2.62 bits per heavy atom. The summed E-state index contributed by atoms with van der Waals surface area (Å²) in [6, 6.07) is 11.2. The Morgan fingerprint density at radius 1 is 1.12 bits per heavy atom. The number of likely N-dealkylation sites (tertiary alicyclic amines) is 1. The molecular formula is C19H17BrClNO2. The zero-order valence-corrected chi connectivity index (χ0v) is 15.7. The predicted octanol–water partition coefficient (Wildman–Crippen LogP) is 5.05. The van der Waals surface area contributed by atoms with Gasteiger partial charge in [0.2, 0.25) is 0 Å².